The standard InChI is InChI=1S/C18H22N2O3/c1-13-6-2-3-7-14(13)19-15(21)12-20-16(22)10-18(11-17(20)23)8-4-5-9-18/h2-3,6-7H,4-5,8-12H2,1H3,(H,19,21). The van der Waals surface area contributed by atoms with Crippen LogP contribution in [0.4, 0.5) is 5.69 Å². The van der Waals surface area contributed by atoms with Crippen LogP contribution in [0.25, 0.3) is 0 Å². The Morgan fingerprint density at radius 2 is 1.74 bits per heavy atom. The number of nitrogens with one attached hydrogen (secondary N) is 1. The summed E-state index contributed by atoms with van der Waals surface area (Å²) in [6, 6.07) is 7.44. The maximum atomic E-state index is 12.3. The monoisotopic (exact) mass is 314 g/mol. The summed E-state index contributed by atoms with van der Waals surface area (Å²) in [5.74, 6) is -0.741. The van der Waals surface area contributed by atoms with Crippen molar-refractivity contribution in [3.63, 3.8) is 0 Å². The molecular formula is C18H22N2O3. The molecule has 0 radical (unpaired) electrons. The van der Waals surface area contributed by atoms with Crippen molar-refractivity contribution in [1.82, 2.24) is 4.90 Å². The molecule has 2 aliphatic rings. The third-order valence-electron chi connectivity index (χ3n) is 5.04. The van der Waals surface area contributed by atoms with E-state index in [9.17, 15) is 14.4 Å². The molecule has 1 saturated carbocycles. The van der Waals surface area contributed by atoms with Crippen LogP contribution in [0.1, 0.15) is 44.1 Å². The molecule has 0 bridgehead atoms. The average Bonchev–Trinajstić information content (AvgIpc) is 2.93. The summed E-state index contributed by atoms with van der Waals surface area (Å²) in [4.78, 5) is 38.0. The first kappa shape index (κ1) is 15.7. The number of carbonyl (C=O) groups is 3. The summed E-state index contributed by atoms with van der Waals surface area (Å²) >= 11 is 0. The Hall–Kier alpha value is -2.17. The van der Waals surface area contributed by atoms with E-state index in [1.54, 1.807) is 6.07 Å². The first-order valence-electron chi connectivity index (χ1n) is 8.18. The van der Waals surface area contributed by atoms with E-state index in [0.717, 1.165) is 36.1 Å². The fourth-order valence-electron chi connectivity index (χ4n) is 3.74. The lowest BCUT2D eigenvalue weighted by atomic mass is 9.76. The molecule has 1 aliphatic carbocycles. The highest BCUT2D eigenvalue weighted by atomic mass is 16.2. The van der Waals surface area contributed by atoms with Gasteiger partial charge in [0.15, 0.2) is 0 Å². The van der Waals surface area contributed by atoms with E-state index in [1.807, 2.05) is 25.1 Å². The lowest BCUT2D eigenvalue weighted by Crippen LogP contribution is -2.49. The molecule has 2 fully saturated rings. The van der Waals surface area contributed by atoms with Gasteiger partial charge in [0.25, 0.3) is 0 Å². The number of likely N-dealkylation sites (tertiary alicyclic amines) is 1. The van der Waals surface area contributed by atoms with Gasteiger partial charge in [0, 0.05) is 18.5 Å². The second-order valence-electron chi connectivity index (χ2n) is 6.80. The van der Waals surface area contributed by atoms with Crippen molar-refractivity contribution in [2.75, 3.05) is 11.9 Å². The summed E-state index contributed by atoms with van der Waals surface area (Å²) in [7, 11) is 0. The van der Waals surface area contributed by atoms with Crippen LogP contribution in [-0.4, -0.2) is 29.2 Å². The molecule has 5 nitrogen and oxygen atoms in total. The Bertz CT molecular complexity index is 627. The minimum atomic E-state index is -0.330. The number of hydrogen-bond donors (Lipinski definition) is 1. The second kappa shape index (κ2) is 6.14. The predicted octanol–water partition coefficient (Wildman–Crippen LogP) is 2.64. The van der Waals surface area contributed by atoms with Gasteiger partial charge in [0.05, 0.1) is 0 Å². The van der Waals surface area contributed by atoms with Gasteiger partial charge in [0.2, 0.25) is 17.7 Å². The molecule has 3 amide bonds. The summed E-state index contributed by atoms with van der Waals surface area (Å²) in [6.45, 7) is 1.71. The van der Waals surface area contributed by atoms with Gasteiger partial charge >= 0.3 is 0 Å². The lowest BCUT2D eigenvalue weighted by Gasteiger charge is -2.36. The lowest BCUT2D eigenvalue weighted by molar-refractivity contribution is -0.155. The number of imide groups is 1. The quantitative estimate of drug-likeness (QED) is 0.872. The molecular weight excluding hydrogens is 292 g/mol. The molecule has 1 aliphatic heterocycles. The van der Waals surface area contributed by atoms with Crippen molar-refractivity contribution in [2.45, 2.75) is 45.4 Å². The number of anilines is 1. The van der Waals surface area contributed by atoms with E-state index in [0.29, 0.717) is 18.5 Å². The van der Waals surface area contributed by atoms with Crippen LogP contribution in [0.15, 0.2) is 24.3 Å². The van der Waals surface area contributed by atoms with Crippen LogP contribution in [0.5, 0.6) is 0 Å². The van der Waals surface area contributed by atoms with Crippen molar-refractivity contribution in [3.05, 3.63) is 29.8 Å². The second-order valence-corrected chi connectivity index (χ2v) is 6.80. The molecule has 3 rings (SSSR count). The number of benzene rings is 1. The van der Waals surface area contributed by atoms with Crippen LogP contribution in [0, 0.1) is 12.3 Å². The van der Waals surface area contributed by atoms with Gasteiger partial charge in [-0.2, -0.15) is 0 Å². The van der Waals surface area contributed by atoms with Gasteiger partial charge in [0.1, 0.15) is 6.54 Å². The molecule has 0 aromatic heterocycles. The highest BCUT2D eigenvalue weighted by Crippen LogP contribution is 2.46. The Morgan fingerprint density at radius 1 is 1.13 bits per heavy atom. The summed E-state index contributed by atoms with van der Waals surface area (Å²) in [6.07, 6.45) is 4.89. The minimum absolute atomic E-state index is 0.128. The molecule has 1 saturated heterocycles. The van der Waals surface area contributed by atoms with Crippen molar-refractivity contribution in [1.29, 1.82) is 0 Å². The average molecular weight is 314 g/mol. The highest BCUT2D eigenvalue weighted by molar-refractivity contribution is 6.04. The number of piperidine rings is 1. The number of para-hydroxylation sites is 1. The zero-order chi connectivity index (χ0) is 16.4. The van der Waals surface area contributed by atoms with E-state index < -0.39 is 0 Å². The normalized spacial score (nSPS) is 20.1. The van der Waals surface area contributed by atoms with Crippen molar-refractivity contribution in [2.24, 2.45) is 5.41 Å². The third-order valence-corrected chi connectivity index (χ3v) is 5.04. The molecule has 1 aromatic rings. The predicted molar refractivity (Wildman–Crippen MR) is 86.7 cm³/mol. The van der Waals surface area contributed by atoms with Crippen LogP contribution in [0.2, 0.25) is 0 Å². The molecule has 5 heteroatoms. The smallest absolute Gasteiger partial charge is 0.244 e. The molecule has 23 heavy (non-hydrogen) atoms. The molecule has 0 unspecified atom stereocenters. The van der Waals surface area contributed by atoms with E-state index in [4.69, 9.17) is 0 Å². The van der Waals surface area contributed by atoms with Crippen LogP contribution < -0.4 is 5.32 Å². The first-order valence-corrected chi connectivity index (χ1v) is 8.18. The zero-order valence-electron chi connectivity index (χ0n) is 13.4. The molecule has 122 valence electrons. The molecule has 0 atom stereocenters. The van der Waals surface area contributed by atoms with Gasteiger partial charge in [-0.3, -0.25) is 19.3 Å². The van der Waals surface area contributed by atoms with Crippen molar-refractivity contribution in [3.8, 4) is 0 Å². The maximum Gasteiger partial charge on any atom is 0.244 e. The van der Waals surface area contributed by atoms with Gasteiger partial charge in [-0.15, -0.1) is 0 Å². The highest BCUT2D eigenvalue weighted by Gasteiger charge is 2.45. The molecule has 1 aromatic carbocycles. The molecule has 1 N–H and O–H groups in total. The van der Waals surface area contributed by atoms with Gasteiger partial charge in [-0.05, 0) is 36.8 Å². The van der Waals surface area contributed by atoms with E-state index in [-0.39, 0.29) is 29.7 Å². The van der Waals surface area contributed by atoms with Crippen molar-refractivity contribution < 1.29 is 14.4 Å². The third kappa shape index (κ3) is 3.28. The Labute approximate surface area is 136 Å². The minimum Gasteiger partial charge on any atom is -0.324 e. The van der Waals surface area contributed by atoms with Crippen LogP contribution in [0.3, 0.4) is 0 Å². The fraction of sp³-hybridized carbons (Fsp3) is 0.500. The summed E-state index contributed by atoms with van der Waals surface area (Å²) in [5, 5.41) is 2.77. The Balaban J connectivity index is 1.64. The molecule has 1 heterocycles. The van der Waals surface area contributed by atoms with Gasteiger partial charge in [-0.1, -0.05) is 31.0 Å². The first-order chi connectivity index (χ1) is 11.0. The summed E-state index contributed by atoms with van der Waals surface area (Å²) < 4.78 is 0. The van der Waals surface area contributed by atoms with Crippen LogP contribution in [-0.2, 0) is 14.4 Å². The van der Waals surface area contributed by atoms with Crippen molar-refractivity contribution >= 4 is 23.4 Å². The number of rotatable bonds is 3. The van der Waals surface area contributed by atoms with E-state index >= 15 is 0 Å². The molecule has 1 spiro atoms. The SMILES string of the molecule is Cc1ccccc1NC(=O)CN1C(=O)CC2(CCCC2)CC1=O. The van der Waals surface area contributed by atoms with Gasteiger partial charge in [-0.25, -0.2) is 0 Å². The number of amides is 3. The maximum absolute atomic E-state index is 12.3. The zero-order valence-corrected chi connectivity index (χ0v) is 13.4. The number of hydrogen-bond acceptors (Lipinski definition) is 3. The van der Waals surface area contributed by atoms with Crippen LogP contribution >= 0.6 is 0 Å². The number of carbonyl (C=O) groups excluding carboxylic acids is 3. The summed E-state index contributed by atoms with van der Waals surface area (Å²) in [5.41, 5.74) is 1.53. The Morgan fingerprint density at radius 3 is 2.35 bits per heavy atom. The van der Waals surface area contributed by atoms with E-state index in [1.165, 1.54) is 0 Å². The largest absolute Gasteiger partial charge is 0.324 e. The Kier molecular flexibility index (Phi) is 4.20. The topological polar surface area (TPSA) is 66.5 Å². The van der Waals surface area contributed by atoms with E-state index in [2.05, 4.69) is 5.32 Å². The van der Waals surface area contributed by atoms with Gasteiger partial charge < -0.3 is 5.32 Å². The fourth-order valence-corrected chi connectivity index (χ4v) is 3.74. The number of nitrogens with zero attached hydrogens (tertiary/aromatic N) is 1. The number of aryl methyl sites for hydroxylation is 1.